The zero-order chi connectivity index (χ0) is 17.8. The zero-order valence-corrected chi connectivity index (χ0v) is 15.5. The maximum Gasteiger partial charge on any atom is 0.310 e. The van der Waals surface area contributed by atoms with Crippen LogP contribution in [0.4, 0.5) is 0 Å². The average Bonchev–Trinajstić information content (AvgIpc) is 3.03. The maximum atomic E-state index is 11.9. The normalized spacial score (nSPS) is 18.3. The highest BCUT2D eigenvalue weighted by atomic mass is 35.5. The van der Waals surface area contributed by atoms with Gasteiger partial charge in [0.1, 0.15) is 6.26 Å². The monoisotopic (exact) mass is 382 g/mol. The molecule has 5 nitrogen and oxygen atoms in total. The van der Waals surface area contributed by atoms with Crippen LogP contribution in [-0.4, -0.2) is 35.5 Å². The number of piperidine rings is 1. The molecule has 134 valence electrons. The van der Waals surface area contributed by atoms with Crippen molar-refractivity contribution in [3.63, 3.8) is 0 Å². The summed E-state index contributed by atoms with van der Waals surface area (Å²) in [5.41, 5.74) is 1.52. The number of oxazole rings is 1. The number of halogens is 2. The molecule has 2 heterocycles. The van der Waals surface area contributed by atoms with Gasteiger partial charge < -0.3 is 9.15 Å². The second kappa shape index (κ2) is 8.21. The number of benzene rings is 1. The molecule has 0 amide bonds. The topological polar surface area (TPSA) is 55.6 Å². The molecule has 0 aliphatic carbocycles. The van der Waals surface area contributed by atoms with Crippen LogP contribution in [0.3, 0.4) is 0 Å². The van der Waals surface area contributed by atoms with Crippen molar-refractivity contribution in [3.05, 3.63) is 40.2 Å². The molecule has 0 radical (unpaired) electrons. The molecular formula is C18H20Cl2N2O3. The number of carbonyl (C=O) groups is 1. The Morgan fingerprint density at radius 1 is 1.44 bits per heavy atom. The van der Waals surface area contributed by atoms with E-state index in [2.05, 4.69) is 9.88 Å². The summed E-state index contributed by atoms with van der Waals surface area (Å²) in [4.78, 5) is 18.7. The molecule has 7 heteroatoms. The predicted octanol–water partition coefficient (Wildman–Crippen LogP) is 4.42. The zero-order valence-electron chi connectivity index (χ0n) is 14.0. The van der Waals surface area contributed by atoms with Crippen LogP contribution in [0.2, 0.25) is 10.0 Å². The van der Waals surface area contributed by atoms with Gasteiger partial charge in [-0.1, -0.05) is 23.2 Å². The molecule has 0 bridgehead atoms. The third-order valence-electron chi connectivity index (χ3n) is 4.22. The highest BCUT2D eigenvalue weighted by Crippen LogP contribution is 2.30. The summed E-state index contributed by atoms with van der Waals surface area (Å²) in [6.07, 6.45) is 3.48. The van der Waals surface area contributed by atoms with Crippen LogP contribution in [0.1, 0.15) is 25.5 Å². The van der Waals surface area contributed by atoms with E-state index in [9.17, 15) is 4.79 Å². The van der Waals surface area contributed by atoms with Crippen molar-refractivity contribution in [2.75, 3.05) is 19.7 Å². The first-order chi connectivity index (χ1) is 12.1. The van der Waals surface area contributed by atoms with Gasteiger partial charge in [-0.05, 0) is 44.5 Å². The van der Waals surface area contributed by atoms with Crippen LogP contribution in [0, 0.1) is 5.92 Å². The SMILES string of the molecule is CCOC(=O)C1CCCN(Cc2coc(-c3ccc(Cl)cc3Cl)n2)C1. The summed E-state index contributed by atoms with van der Waals surface area (Å²) < 4.78 is 10.7. The Bertz CT molecular complexity index is 748. The number of likely N-dealkylation sites (tertiary alicyclic amines) is 1. The second-order valence-electron chi connectivity index (χ2n) is 6.09. The number of aromatic nitrogens is 1. The van der Waals surface area contributed by atoms with Crippen molar-refractivity contribution < 1.29 is 13.9 Å². The van der Waals surface area contributed by atoms with Crippen LogP contribution < -0.4 is 0 Å². The van der Waals surface area contributed by atoms with E-state index in [4.69, 9.17) is 32.4 Å². The van der Waals surface area contributed by atoms with E-state index in [0.717, 1.165) is 25.1 Å². The largest absolute Gasteiger partial charge is 0.466 e. The number of hydrogen-bond acceptors (Lipinski definition) is 5. The molecule has 0 spiro atoms. The van der Waals surface area contributed by atoms with Gasteiger partial charge in [0.25, 0.3) is 0 Å². The third-order valence-corrected chi connectivity index (χ3v) is 4.77. The molecule has 1 fully saturated rings. The minimum Gasteiger partial charge on any atom is -0.466 e. The standard InChI is InChI=1S/C18H20Cl2N2O3/c1-2-24-18(23)12-4-3-7-22(9-12)10-14-11-25-17(21-14)15-6-5-13(19)8-16(15)20/h5-6,8,11-12H,2-4,7,9-10H2,1H3. The van der Waals surface area contributed by atoms with Crippen LogP contribution in [0.5, 0.6) is 0 Å². The molecule has 1 aromatic heterocycles. The van der Waals surface area contributed by atoms with Crippen molar-refractivity contribution in [2.24, 2.45) is 5.92 Å². The summed E-state index contributed by atoms with van der Waals surface area (Å²) in [7, 11) is 0. The van der Waals surface area contributed by atoms with Gasteiger partial charge in [-0.2, -0.15) is 0 Å². The van der Waals surface area contributed by atoms with Gasteiger partial charge in [0.2, 0.25) is 5.89 Å². The molecule has 2 aromatic rings. The fourth-order valence-corrected chi connectivity index (χ4v) is 3.54. The lowest BCUT2D eigenvalue weighted by Crippen LogP contribution is -2.39. The molecule has 0 saturated carbocycles. The number of nitrogens with zero attached hydrogens (tertiary/aromatic N) is 2. The minimum atomic E-state index is -0.110. The molecule has 0 N–H and O–H groups in total. The van der Waals surface area contributed by atoms with Crippen molar-refractivity contribution in [1.82, 2.24) is 9.88 Å². The first kappa shape index (κ1) is 18.2. The molecular weight excluding hydrogens is 363 g/mol. The Morgan fingerprint density at radius 2 is 2.28 bits per heavy atom. The van der Waals surface area contributed by atoms with Gasteiger partial charge in [0.15, 0.2) is 0 Å². The van der Waals surface area contributed by atoms with E-state index in [-0.39, 0.29) is 11.9 Å². The lowest BCUT2D eigenvalue weighted by molar-refractivity contribution is -0.150. The second-order valence-corrected chi connectivity index (χ2v) is 6.94. The van der Waals surface area contributed by atoms with Gasteiger partial charge in [0, 0.05) is 18.1 Å². The fraction of sp³-hybridized carbons (Fsp3) is 0.444. The van der Waals surface area contributed by atoms with Crippen LogP contribution in [0.15, 0.2) is 28.9 Å². The molecule has 1 aliphatic heterocycles. The lowest BCUT2D eigenvalue weighted by atomic mass is 9.98. The molecule has 25 heavy (non-hydrogen) atoms. The maximum absolute atomic E-state index is 11.9. The number of hydrogen-bond donors (Lipinski definition) is 0. The third kappa shape index (κ3) is 4.54. The molecule has 1 saturated heterocycles. The summed E-state index contributed by atoms with van der Waals surface area (Å²) in [6, 6.07) is 5.20. The van der Waals surface area contributed by atoms with Crippen molar-refractivity contribution in [1.29, 1.82) is 0 Å². The Kier molecular flexibility index (Phi) is 5.99. The number of esters is 1. The Morgan fingerprint density at radius 3 is 3.04 bits per heavy atom. The van der Waals surface area contributed by atoms with Crippen molar-refractivity contribution in [3.8, 4) is 11.5 Å². The lowest BCUT2D eigenvalue weighted by Gasteiger charge is -2.30. The predicted molar refractivity (Wildman–Crippen MR) is 96.6 cm³/mol. The molecule has 1 atom stereocenters. The number of carbonyl (C=O) groups excluding carboxylic acids is 1. The van der Waals surface area contributed by atoms with Crippen LogP contribution in [0.25, 0.3) is 11.5 Å². The summed E-state index contributed by atoms with van der Waals surface area (Å²) in [5.74, 6) is 0.294. The Hall–Kier alpha value is -1.56. The van der Waals surface area contributed by atoms with E-state index in [1.54, 1.807) is 24.5 Å². The molecule has 3 rings (SSSR count). The fourth-order valence-electron chi connectivity index (χ4n) is 3.05. The smallest absolute Gasteiger partial charge is 0.310 e. The van der Waals surface area contributed by atoms with E-state index in [1.165, 1.54) is 0 Å². The quantitative estimate of drug-likeness (QED) is 0.716. The van der Waals surface area contributed by atoms with Crippen molar-refractivity contribution >= 4 is 29.2 Å². The van der Waals surface area contributed by atoms with Gasteiger partial charge in [-0.15, -0.1) is 0 Å². The number of rotatable bonds is 5. The van der Waals surface area contributed by atoms with Crippen LogP contribution >= 0.6 is 23.2 Å². The van der Waals surface area contributed by atoms with Gasteiger partial charge in [-0.3, -0.25) is 9.69 Å². The number of ether oxygens (including phenoxy) is 1. The Balaban J connectivity index is 1.66. The molecule has 1 aliphatic rings. The molecule has 1 aromatic carbocycles. The minimum absolute atomic E-state index is 0.0641. The van der Waals surface area contributed by atoms with Crippen molar-refractivity contribution in [2.45, 2.75) is 26.3 Å². The van der Waals surface area contributed by atoms with Gasteiger partial charge in [-0.25, -0.2) is 4.98 Å². The highest BCUT2D eigenvalue weighted by Gasteiger charge is 2.27. The summed E-state index contributed by atoms with van der Waals surface area (Å²) in [6.45, 7) is 4.49. The summed E-state index contributed by atoms with van der Waals surface area (Å²) in [5, 5.41) is 1.07. The average molecular weight is 383 g/mol. The molecule has 1 unspecified atom stereocenters. The van der Waals surface area contributed by atoms with E-state index < -0.39 is 0 Å². The van der Waals surface area contributed by atoms with Gasteiger partial charge >= 0.3 is 5.97 Å². The first-order valence-electron chi connectivity index (χ1n) is 8.35. The Labute approximate surface area is 156 Å². The first-order valence-corrected chi connectivity index (χ1v) is 9.11. The van der Waals surface area contributed by atoms with Gasteiger partial charge in [0.05, 0.1) is 28.8 Å². The van der Waals surface area contributed by atoms with Crippen LogP contribution in [-0.2, 0) is 16.1 Å². The highest BCUT2D eigenvalue weighted by molar-refractivity contribution is 6.36. The van der Waals surface area contributed by atoms with E-state index >= 15 is 0 Å². The van der Waals surface area contributed by atoms with E-state index in [0.29, 0.717) is 41.2 Å². The summed E-state index contributed by atoms with van der Waals surface area (Å²) >= 11 is 12.1. The van der Waals surface area contributed by atoms with E-state index in [1.807, 2.05) is 6.92 Å².